The molecule has 84 valence electrons. The Labute approximate surface area is 97.5 Å². The Kier molecular flexibility index (Phi) is 2.83. The van der Waals surface area contributed by atoms with Crippen molar-refractivity contribution in [1.82, 2.24) is 0 Å². The van der Waals surface area contributed by atoms with E-state index in [1.807, 2.05) is 0 Å². The molecule has 1 N–H and O–H groups in total. The van der Waals surface area contributed by atoms with Crippen molar-refractivity contribution in [3.05, 3.63) is 28.8 Å². The average Bonchev–Trinajstić information content (AvgIpc) is 2.54. The van der Waals surface area contributed by atoms with Crippen LogP contribution in [0.1, 0.15) is 17.9 Å². The molecule has 0 aliphatic carbocycles. The Hall–Kier alpha value is -1.55. The number of carbonyl (C=O) groups is 2. The molecule has 1 aromatic carbocycles. The SMILES string of the molecule is COC(=O)CC1C(=O)Nc2cc(Cl)ccc21. The zero-order valence-electron chi connectivity index (χ0n) is 8.62. The van der Waals surface area contributed by atoms with Crippen LogP contribution in [0.4, 0.5) is 5.69 Å². The minimum Gasteiger partial charge on any atom is -0.469 e. The van der Waals surface area contributed by atoms with Crippen molar-refractivity contribution in [2.75, 3.05) is 12.4 Å². The van der Waals surface area contributed by atoms with Crippen LogP contribution in [-0.4, -0.2) is 19.0 Å². The fourth-order valence-electron chi connectivity index (χ4n) is 1.75. The molecule has 1 heterocycles. The number of ether oxygens (including phenoxy) is 1. The van der Waals surface area contributed by atoms with E-state index in [2.05, 4.69) is 10.1 Å². The van der Waals surface area contributed by atoms with Crippen molar-refractivity contribution in [3.8, 4) is 0 Å². The van der Waals surface area contributed by atoms with Gasteiger partial charge in [0.15, 0.2) is 0 Å². The maximum Gasteiger partial charge on any atom is 0.306 e. The molecular weight excluding hydrogens is 230 g/mol. The number of halogens is 1. The van der Waals surface area contributed by atoms with E-state index in [1.54, 1.807) is 18.2 Å². The first kappa shape index (κ1) is 11.0. The average molecular weight is 240 g/mol. The van der Waals surface area contributed by atoms with Gasteiger partial charge in [-0.1, -0.05) is 17.7 Å². The summed E-state index contributed by atoms with van der Waals surface area (Å²) >= 11 is 5.81. The van der Waals surface area contributed by atoms with E-state index in [0.29, 0.717) is 10.7 Å². The number of hydrogen-bond donors (Lipinski definition) is 1. The second-order valence-electron chi connectivity index (χ2n) is 3.55. The van der Waals surface area contributed by atoms with Crippen LogP contribution in [-0.2, 0) is 14.3 Å². The van der Waals surface area contributed by atoms with Gasteiger partial charge in [-0.2, -0.15) is 0 Å². The molecule has 0 saturated carbocycles. The molecule has 1 aliphatic rings. The topological polar surface area (TPSA) is 55.4 Å². The van der Waals surface area contributed by atoms with Crippen molar-refractivity contribution in [1.29, 1.82) is 0 Å². The van der Waals surface area contributed by atoms with Crippen molar-refractivity contribution < 1.29 is 14.3 Å². The molecular formula is C11H10ClNO3. The summed E-state index contributed by atoms with van der Waals surface area (Å²) in [6.45, 7) is 0. The van der Waals surface area contributed by atoms with Gasteiger partial charge in [-0.05, 0) is 17.7 Å². The van der Waals surface area contributed by atoms with E-state index >= 15 is 0 Å². The van der Waals surface area contributed by atoms with Crippen molar-refractivity contribution >= 4 is 29.2 Å². The molecule has 0 fully saturated rings. The van der Waals surface area contributed by atoms with E-state index in [1.165, 1.54) is 7.11 Å². The van der Waals surface area contributed by atoms with Gasteiger partial charge < -0.3 is 10.1 Å². The quantitative estimate of drug-likeness (QED) is 0.803. The summed E-state index contributed by atoms with van der Waals surface area (Å²) in [5.41, 5.74) is 1.46. The fraction of sp³-hybridized carbons (Fsp3) is 0.273. The number of anilines is 1. The van der Waals surface area contributed by atoms with Crippen LogP contribution in [0.3, 0.4) is 0 Å². The molecule has 1 unspecified atom stereocenters. The van der Waals surface area contributed by atoms with Crippen molar-refractivity contribution in [2.45, 2.75) is 12.3 Å². The fourth-order valence-corrected chi connectivity index (χ4v) is 1.93. The minimum atomic E-state index is -0.472. The number of hydrogen-bond acceptors (Lipinski definition) is 3. The van der Waals surface area contributed by atoms with Gasteiger partial charge in [-0.15, -0.1) is 0 Å². The van der Waals surface area contributed by atoms with Gasteiger partial charge in [0.1, 0.15) is 0 Å². The molecule has 1 atom stereocenters. The molecule has 0 radical (unpaired) electrons. The highest BCUT2D eigenvalue weighted by atomic mass is 35.5. The maximum atomic E-state index is 11.6. The van der Waals surface area contributed by atoms with Gasteiger partial charge in [0.25, 0.3) is 0 Å². The van der Waals surface area contributed by atoms with Crippen LogP contribution >= 0.6 is 11.6 Å². The van der Waals surface area contributed by atoms with E-state index in [0.717, 1.165) is 5.56 Å². The van der Waals surface area contributed by atoms with Crippen LogP contribution in [0.5, 0.6) is 0 Å². The molecule has 1 aromatic rings. The zero-order valence-corrected chi connectivity index (χ0v) is 9.38. The molecule has 1 amide bonds. The lowest BCUT2D eigenvalue weighted by molar-refractivity contribution is -0.142. The van der Waals surface area contributed by atoms with Crippen molar-refractivity contribution in [2.24, 2.45) is 0 Å². The summed E-state index contributed by atoms with van der Waals surface area (Å²) in [6.07, 6.45) is 0.0525. The summed E-state index contributed by atoms with van der Waals surface area (Å²) < 4.78 is 4.55. The van der Waals surface area contributed by atoms with Gasteiger partial charge in [0.05, 0.1) is 19.4 Å². The molecule has 0 bridgehead atoms. The smallest absolute Gasteiger partial charge is 0.306 e. The minimum absolute atomic E-state index is 0.0525. The molecule has 0 spiro atoms. The van der Waals surface area contributed by atoms with Crippen LogP contribution in [0.25, 0.3) is 0 Å². The van der Waals surface area contributed by atoms with Crippen molar-refractivity contribution in [3.63, 3.8) is 0 Å². The Morgan fingerprint density at radius 1 is 1.56 bits per heavy atom. The molecule has 4 nitrogen and oxygen atoms in total. The lowest BCUT2D eigenvalue weighted by Gasteiger charge is -2.06. The molecule has 0 saturated heterocycles. The third-order valence-corrected chi connectivity index (χ3v) is 2.80. The number of fused-ring (bicyclic) bond motifs is 1. The van der Waals surface area contributed by atoms with Gasteiger partial charge in [-0.3, -0.25) is 9.59 Å². The first-order valence-electron chi connectivity index (χ1n) is 4.79. The normalized spacial score (nSPS) is 17.9. The summed E-state index contributed by atoms with van der Waals surface area (Å²) in [4.78, 5) is 22.8. The Bertz CT molecular complexity index is 459. The molecule has 2 rings (SSSR count). The van der Waals surface area contributed by atoms with E-state index < -0.39 is 11.9 Å². The standard InChI is InChI=1S/C11H10ClNO3/c1-16-10(14)5-8-7-3-2-6(12)4-9(7)13-11(8)15/h2-4,8H,5H2,1H3,(H,13,15). The lowest BCUT2D eigenvalue weighted by Crippen LogP contribution is -2.16. The predicted molar refractivity (Wildman–Crippen MR) is 59.5 cm³/mol. The van der Waals surface area contributed by atoms with Crippen LogP contribution in [0.2, 0.25) is 5.02 Å². The maximum absolute atomic E-state index is 11.6. The number of carbonyl (C=O) groups excluding carboxylic acids is 2. The Morgan fingerprint density at radius 3 is 3.00 bits per heavy atom. The van der Waals surface area contributed by atoms with Gasteiger partial charge in [0.2, 0.25) is 5.91 Å². The third kappa shape index (κ3) is 1.88. The highest BCUT2D eigenvalue weighted by Gasteiger charge is 2.32. The summed E-state index contributed by atoms with van der Waals surface area (Å²) in [7, 11) is 1.30. The number of methoxy groups -OCH3 is 1. The van der Waals surface area contributed by atoms with Gasteiger partial charge in [-0.25, -0.2) is 0 Å². The number of esters is 1. The molecule has 5 heteroatoms. The van der Waals surface area contributed by atoms with Gasteiger partial charge >= 0.3 is 5.97 Å². The number of rotatable bonds is 2. The first-order valence-corrected chi connectivity index (χ1v) is 5.16. The van der Waals surface area contributed by atoms with E-state index in [4.69, 9.17) is 11.6 Å². The van der Waals surface area contributed by atoms with Gasteiger partial charge in [0, 0.05) is 10.7 Å². The number of benzene rings is 1. The second-order valence-corrected chi connectivity index (χ2v) is 3.99. The van der Waals surface area contributed by atoms with Crippen LogP contribution in [0, 0.1) is 0 Å². The highest BCUT2D eigenvalue weighted by molar-refractivity contribution is 6.31. The van der Waals surface area contributed by atoms with E-state index in [9.17, 15) is 9.59 Å². The Morgan fingerprint density at radius 2 is 2.31 bits per heavy atom. The summed E-state index contributed by atoms with van der Waals surface area (Å²) in [5, 5.41) is 3.24. The van der Waals surface area contributed by atoms with Crippen LogP contribution in [0.15, 0.2) is 18.2 Å². The molecule has 1 aliphatic heterocycles. The summed E-state index contributed by atoms with van der Waals surface area (Å²) in [5.74, 6) is -1.06. The first-order chi connectivity index (χ1) is 7.61. The zero-order chi connectivity index (χ0) is 11.7. The third-order valence-electron chi connectivity index (χ3n) is 2.56. The largest absolute Gasteiger partial charge is 0.469 e. The lowest BCUT2D eigenvalue weighted by atomic mass is 9.97. The number of nitrogens with one attached hydrogen (secondary N) is 1. The molecule has 0 aromatic heterocycles. The monoisotopic (exact) mass is 239 g/mol. The summed E-state index contributed by atoms with van der Waals surface area (Å²) in [6, 6.07) is 5.13. The Balaban J connectivity index is 2.29. The number of amides is 1. The highest BCUT2D eigenvalue weighted by Crippen LogP contribution is 2.36. The van der Waals surface area contributed by atoms with Crippen LogP contribution < -0.4 is 5.32 Å². The second kappa shape index (κ2) is 4.14. The molecule has 16 heavy (non-hydrogen) atoms. The predicted octanol–water partition coefficient (Wildman–Crippen LogP) is 1.94. The van der Waals surface area contributed by atoms with E-state index in [-0.39, 0.29) is 12.3 Å².